The minimum absolute atomic E-state index is 0.114. The first-order valence-electron chi connectivity index (χ1n) is 5.76. The van der Waals surface area contributed by atoms with Crippen LogP contribution < -0.4 is 9.47 Å². The zero-order chi connectivity index (χ0) is 14.5. The topological polar surface area (TPSA) is 78.7 Å². The molecule has 0 aliphatic carbocycles. The standard InChI is InChI=1S/C14H11NO5/c1-10(16)19-11-6-8-12(9-7-11)20-14-5-3-2-4-13(14)15(17)18/h2-9H,1H3. The minimum Gasteiger partial charge on any atom is -0.450 e. The molecule has 20 heavy (non-hydrogen) atoms. The van der Waals surface area contributed by atoms with E-state index in [0.29, 0.717) is 11.5 Å². The van der Waals surface area contributed by atoms with E-state index < -0.39 is 10.9 Å². The van der Waals surface area contributed by atoms with E-state index >= 15 is 0 Å². The molecule has 0 fully saturated rings. The fraction of sp³-hybridized carbons (Fsp3) is 0.0714. The van der Waals surface area contributed by atoms with Gasteiger partial charge >= 0.3 is 11.7 Å². The molecule has 0 N–H and O–H groups in total. The predicted molar refractivity (Wildman–Crippen MR) is 70.9 cm³/mol. The molecule has 0 saturated heterocycles. The molecular formula is C14H11NO5. The van der Waals surface area contributed by atoms with Crippen LogP contribution in [-0.4, -0.2) is 10.9 Å². The second-order valence-corrected chi connectivity index (χ2v) is 3.89. The average molecular weight is 273 g/mol. The van der Waals surface area contributed by atoms with Crippen LogP contribution in [0.5, 0.6) is 17.2 Å². The summed E-state index contributed by atoms with van der Waals surface area (Å²) in [4.78, 5) is 21.1. The second kappa shape index (κ2) is 5.83. The summed E-state index contributed by atoms with van der Waals surface area (Å²) < 4.78 is 10.3. The Morgan fingerprint density at radius 3 is 2.25 bits per heavy atom. The quantitative estimate of drug-likeness (QED) is 0.369. The molecule has 0 atom stereocenters. The molecule has 0 aromatic heterocycles. The highest BCUT2D eigenvalue weighted by molar-refractivity contribution is 5.69. The Labute approximate surface area is 114 Å². The second-order valence-electron chi connectivity index (χ2n) is 3.89. The van der Waals surface area contributed by atoms with Crippen molar-refractivity contribution < 1.29 is 19.2 Å². The normalized spacial score (nSPS) is 9.85. The van der Waals surface area contributed by atoms with Gasteiger partial charge in [-0.25, -0.2) is 0 Å². The summed E-state index contributed by atoms with van der Waals surface area (Å²) in [6, 6.07) is 12.3. The number of carbonyl (C=O) groups is 1. The number of hydrogen-bond acceptors (Lipinski definition) is 5. The number of para-hydroxylation sites is 2. The molecule has 2 rings (SSSR count). The lowest BCUT2D eigenvalue weighted by atomic mass is 10.3. The summed E-state index contributed by atoms with van der Waals surface area (Å²) >= 11 is 0. The third kappa shape index (κ3) is 3.32. The van der Waals surface area contributed by atoms with Gasteiger partial charge in [0.05, 0.1) is 4.92 Å². The highest BCUT2D eigenvalue weighted by Gasteiger charge is 2.14. The van der Waals surface area contributed by atoms with E-state index in [1.54, 1.807) is 36.4 Å². The van der Waals surface area contributed by atoms with Crippen molar-refractivity contribution in [2.24, 2.45) is 0 Å². The molecule has 2 aromatic carbocycles. The Bertz CT molecular complexity index is 636. The number of ether oxygens (including phenoxy) is 2. The molecule has 0 aliphatic rings. The molecule has 0 bridgehead atoms. The van der Waals surface area contributed by atoms with Crippen LogP contribution in [0.1, 0.15) is 6.92 Å². The van der Waals surface area contributed by atoms with Gasteiger partial charge in [-0.05, 0) is 30.3 Å². The molecule has 0 heterocycles. The zero-order valence-electron chi connectivity index (χ0n) is 10.6. The van der Waals surface area contributed by atoms with Crippen LogP contribution >= 0.6 is 0 Å². The molecule has 6 nitrogen and oxygen atoms in total. The summed E-state index contributed by atoms with van der Waals surface area (Å²) in [5.41, 5.74) is -0.114. The number of hydrogen-bond donors (Lipinski definition) is 0. The molecule has 0 unspecified atom stereocenters. The van der Waals surface area contributed by atoms with Crippen LogP contribution in [0.4, 0.5) is 5.69 Å². The van der Waals surface area contributed by atoms with Crippen molar-refractivity contribution in [1.29, 1.82) is 0 Å². The summed E-state index contributed by atoms with van der Waals surface area (Å²) in [6.07, 6.45) is 0. The predicted octanol–water partition coefficient (Wildman–Crippen LogP) is 3.31. The van der Waals surface area contributed by atoms with E-state index in [1.807, 2.05) is 0 Å². The third-order valence-electron chi connectivity index (χ3n) is 2.38. The van der Waals surface area contributed by atoms with Crippen molar-refractivity contribution in [2.45, 2.75) is 6.92 Å². The summed E-state index contributed by atoms with van der Waals surface area (Å²) in [6.45, 7) is 1.30. The molecule has 0 saturated carbocycles. The number of rotatable bonds is 4. The highest BCUT2D eigenvalue weighted by Crippen LogP contribution is 2.31. The van der Waals surface area contributed by atoms with Crippen molar-refractivity contribution in [3.05, 3.63) is 58.6 Å². The van der Waals surface area contributed by atoms with Crippen molar-refractivity contribution in [2.75, 3.05) is 0 Å². The Balaban J connectivity index is 2.18. The zero-order valence-corrected chi connectivity index (χ0v) is 10.6. The number of nitrogens with zero attached hydrogens (tertiary/aromatic N) is 1. The van der Waals surface area contributed by atoms with Crippen LogP contribution in [0.15, 0.2) is 48.5 Å². The lowest BCUT2D eigenvalue weighted by molar-refractivity contribution is -0.385. The molecular weight excluding hydrogens is 262 g/mol. The van der Waals surface area contributed by atoms with Gasteiger partial charge in [-0.1, -0.05) is 12.1 Å². The van der Waals surface area contributed by atoms with Gasteiger partial charge in [-0.3, -0.25) is 14.9 Å². The number of esters is 1. The van der Waals surface area contributed by atoms with Crippen molar-refractivity contribution >= 4 is 11.7 Å². The smallest absolute Gasteiger partial charge is 0.311 e. The summed E-state index contributed by atoms with van der Waals surface area (Å²) in [5, 5.41) is 10.9. The SMILES string of the molecule is CC(=O)Oc1ccc(Oc2ccccc2[N+](=O)[O-])cc1. The van der Waals surface area contributed by atoms with E-state index in [1.165, 1.54) is 19.1 Å². The lowest BCUT2D eigenvalue weighted by Gasteiger charge is -2.07. The Kier molecular flexibility index (Phi) is 3.95. The van der Waals surface area contributed by atoms with E-state index in [0.717, 1.165) is 0 Å². The monoisotopic (exact) mass is 273 g/mol. The van der Waals surface area contributed by atoms with Crippen LogP contribution in [0, 0.1) is 10.1 Å². The Morgan fingerprint density at radius 2 is 1.65 bits per heavy atom. The molecule has 0 radical (unpaired) electrons. The molecule has 0 spiro atoms. The molecule has 6 heteroatoms. The Morgan fingerprint density at radius 1 is 1.05 bits per heavy atom. The van der Waals surface area contributed by atoms with Gasteiger partial charge < -0.3 is 9.47 Å². The van der Waals surface area contributed by atoms with Crippen LogP contribution in [-0.2, 0) is 4.79 Å². The molecule has 0 aliphatic heterocycles. The lowest BCUT2D eigenvalue weighted by Crippen LogP contribution is -2.00. The van der Waals surface area contributed by atoms with Gasteiger partial charge in [0.2, 0.25) is 5.75 Å². The fourth-order valence-corrected chi connectivity index (χ4v) is 1.56. The van der Waals surface area contributed by atoms with E-state index in [-0.39, 0.29) is 11.4 Å². The molecule has 102 valence electrons. The maximum atomic E-state index is 10.9. The van der Waals surface area contributed by atoms with Crippen molar-refractivity contribution in [3.63, 3.8) is 0 Å². The average Bonchev–Trinajstić information content (AvgIpc) is 2.41. The molecule has 2 aromatic rings. The van der Waals surface area contributed by atoms with E-state index in [9.17, 15) is 14.9 Å². The van der Waals surface area contributed by atoms with Gasteiger partial charge in [0.15, 0.2) is 0 Å². The summed E-state index contributed by atoms with van der Waals surface area (Å²) in [7, 11) is 0. The Hall–Kier alpha value is -2.89. The highest BCUT2D eigenvalue weighted by atomic mass is 16.6. The number of nitro groups is 1. The largest absolute Gasteiger partial charge is 0.450 e. The summed E-state index contributed by atoms with van der Waals surface area (Å²) in [5.74, 6) is 0.526. The first-order valence-corrected chi connectivity index (χ1v) is 5.76. The molecule has 0 amide bonds. The minimum atomic E-state index is -0.511. The first-order chi connectivity index (χ1) is 9.56. The fourth-order valence-electron chi connectivity index (χ4n) is 1.56. The maximum Gasteiger partial charge on any atom is 0.311 e. The van der Waals surface area contributed by atoms with Gasteiger partial charge in [-0.15, -0.1) is 0 Å². The van der Waals surface area contributed by atoms with Gasteiger partial charge in [0.25, 0.3) is 0 Å². The van der Waals surface area contributed by atoms with Crippen molar-refractivity contribution in [3.8, 4) is 17.2 Å². The van der Waals surface area contributed by atoms with Crippen molar-refractivity contribution in [1.82, 2.24) is 0 Å². The maximum absolute atomic E-state index is 10.9. The number of carbonyl (C=O) groups excluding carboxylic acids is 1. The van der Waals surface area contributed by atoms with E-state index in [4.69, 9.17) is 9.47 Å². The van der Waals surface area contributed by atoms with Crippen LogP contribution in [0.3, 0.4) is 0 Å². The third-order valence-corrected chi connectivity index (χ3v) is 2.38. The van der Waals surface area contributed by atoms with Crippen LogP contribution in [0.2, 0.25) is 0 Å². The van der Waals surface area contributed by atoms with Crippen LogP contribution in [0.25, 0.3) is 0 Å². The number of nitro benzene ring substituents is 1. The first kappa shape index (κ1) is 13.5. The van der Waals surface area contributed by atoms with Gasteiger partial charge in [0.1, 0.15) is 11.5 Å². The number of benzene rings is 2. The van der Waals surface area contributed by atoms with Gasteiger partial charge in [0, 0.05) is 13.0 Å². The van der Waals surface area contributed by atoms with E-state index in [2.05, 4.69) is 0 Å². The van der Waals surface area contributed by atoms with Gasteiger partial charge in [-0.2, -0.15) is 0 Å².